The molecule has 162 valence electrons. The minimum absolute atomic E-state index is 0.103. The Kier molecular flexibility index (Phi) is 10.6. The molecule has 2 saturated heterocycles. The topological polar surface area (TPSA) is 78.4 Å². The van der Waals surface area contributed by atoms with Crippen molar-refractivity contribution in [1.82, 2.24) is 20.4 Å². The Morgan fingerprint density at radius 1 is 1.21 bits per heavy atom. The number of nitrogens with zero attached hydrogens (tertiary/aromatic N) is 3. The van der Waals surface area contributed by atoms with Crippen LogP contribution >= 0.6 is 0 Å². The lowest BCUT2D eigenvalue weighted by atomic mass is 10.0. The van der Waals surface area contributed by atoms with Gasteiger partial charge in [-0.1, -0.05) is 0 Å². The Morgan fingerprint density at radius 2 is 1.93 bits per heavy atom. The van der Waals surface area contributed by atoms with Crippen LogP contribution in [-0.2, 0) is 14.3 Å². The summed E-state index contributed by atoms with van der Waals surface area (Å²) in [5.74, 6) is 1.70. The number of guanidine groups is 1. The number of nitrogens with one attached hydrogen (secondary N) is 2. The summed E-state index contributed by atoms with van der Waals surface area (Å²) in [5.41, 5.74) is 0. The number of rotatable bonds is 9. The first-order chi connectivity index (χ1) is 13.6. The molecule has 0 aromatic rings. The van der Waals surface area contributed by atoms with Crippen LogP contribution in [0.2, 0.25) is 0 Å². The fraction of sp³-hybridized carbons (Fsp3) is 0.900. The van der Waals surface area contributed by atoms with Gasteiger partial charge < -0.3 is 25.0 Å². The van der Waals surface area contributed by atoms with Crippen LogP contribution in [0, 0.1) is 5.92 Å². The lowest BCUT2D eigenvalue weighted by Crippen LogP contribution is -2.54. The molecule has 0 bridgehead atoms. The molecule has 0 radical (unpaired) electrons. The molecular formula is C20H39N5O3. The van der Waals surface area contributed by atoms with Gasteiger partial charge in [0.1, 0.15) is 0 Å². The van der Waals surface area contributed by atoms with E-state index in [0.29, 0.717) is 12.5 Å². The van der Waals surface area contributed by atoms with Crippen molar-refractivity contribution in [3.05, 3.63) is 0 Å². The van der Waals surface area contributed by atoms with Gasteiger partial charge in [-0.05, 0) is 39.0 Å². The molecule has 1 amide bonds. The van der Waals surface area contributed by atoms with Gasteiger partial charge in [0.2, 0.25) is 5.91 Å². The molecule has 0 aliphatic carbocycles. The van der Waals surface area contributed by atoms with Gasteiger partial charge in [0.25, 0.3) is 0 Å². The van der Waals surface area contributed by atoms with Crippen molar-refractivity contribution in [2.45, 2.75) is 39.2 Å². The lowest BCUT2D eigenvalue weighted by Gasteiger charge is -2.36. The van der Waals surface area contributed by atoms with Crippen LogP contribution in [0.25, 0.3) is 0 Å². The molecule has 2 aliphatic rings. The van der Waals surface area contributed by atoms with Crippen LogP contribution < -0.4 is 10.6 Å². The number of amides is 1. The predicted molar refractivity (Wildman–Crippen MR) is 112 cm³/mol. The van der Waals surface area contributed by atoms with E-state index in [0.717, 1.165) is 84.4 Å². The highest BCUT2D eigenvalue weighted by Gasteiger charge is 2.21. The van der Waals surface area contributed by atoms with Gasteiger partial charge >= 0.3 is 0 Å². The quantitative estimate of drug-likeness (QED) is 0.336. The van der Waals surface area contributed by atoms with E-state index in [2.05, 4.69) is 25.4 Å². The van der Waals surface area contributed by atoms with Crippen LogP contribution in [0.3, 0.4) is 0 Å². The zero-order valence-electron chi connectivity index (χ0n) is 17.9. The van der Waals surface area contributed by atoms with Gasteiger partial charge in [0.05, 0.1) is 6.54 Å². The minimum atomic E-state index is 0.103. The van der Waals surface area contributed by atoms with Crippen molar-refractivity contribution in [1.29, 1.82) is 0 Å². The van der Waals surface area contributed by atoms with Gasteiger partial charge in [-0.3, -0.25) is 14.7 Å². The first-order valence-corrected chi connectivity index (χ1v) is 10.7. The number of carbonyl (C=O) groups is 1. The standard InChI is InChI=1S/C20H39N5O3/c1-17(2)23-19(26)15-24-8-10-25(11-9-24)20(21-3)22-7-4-12-28-16-18-5-13-27-14-6-18/h17-18H,4-16H2,1-3H3,(H,21,22)(H,23,26). The molecule has 8 nitrogen and oxygen atoms in total. The molecule has 0 spiro atoms. The molecule has 2 N–H and O–H groups in total. The second-order valence-corrected chi connectivity index (χ2v) is 7.94. The van der Waals surface area contributed by atoms with Crippen molar-refractivity contribution in [3.8, 4) is 0 Å². The van der Waals surface area contributed by atoms with Crippen molar-refractivity contribution in [2.75, 3.05) is 72.7 Å². The van der Waals surface area contributed by atoms with Gasteiger partial charge in [-0.15, -0.1) is 0 Å². The summed E-state index contributed by atoms with van der Waals surface area (Å²) in [7, 11) is 1.83. The monoisotopic (exact) mass is 397 g/mol. The van der Waals surface area contributed by atoms with E-state index < -0.39 is 0 Å². The van der Waals surface area contributed by atoms with E-state index in [-0.39, 0.29) is 11.9 Å². The number of hydrogen-bond donors (Lipinski definition) is 2. The van der Waals surface area contributed by atoms with Crippen LogP contribution in [0.4, 0.5) is 0 Å². The molecule has 2 aliphatic heterocycles. The fourth-order valence-corrected chi connectivity index (χ4v) is 3.56. The summed E-state index contributed by atoms with van der Waals surface area (Å²) >= 11 is 0. The Morgan fingerprint density at radius 3 is 2.57 bits per heavy atom. The van der Waals surface area contributed by atoms with Crippen LogP contribution in [0.5, 0.6) is 0 Å². The zero-order chi connectivity index (χ0) is 20.2. The molecule has 0 unspecified atom stereocenters. The maximum atomic E-state index is 11.9. The fourth-order valence-electron chi connectivity index (χ4n) is 3.56. The Balaban J connectivity index is 1.55. The summed E-state index contributed by atoms with van der Waals surface area (Å²) in [6.07, 6.45) is 3.21. The number of aliphatic imine (C=N–C) groups is 1. The van der Waals surface area contributed by atoms with Gasteiger partial charge in [-0.25, -0.2) is 0 Å². The second kappa shape index (κ2) is 13.0. The molecule has 2 heterocycles. The molecule has 8 heteroatoms. The van der Waals surface area contributed by atoms with E-state index in [1.807, 2.05) is 20.9 Å². The van der Waals surface area contributed by atoms with Crippen LogP contribution in [0.15, 0.2) is 4.99 Å². The number of ether oxygens (including phenoxy) is 2. The minimum Gasteiger partial charge on any atom is -0.381 e. The van der Waals surface area contributed by atoms with Crippen molar-refractivity contribution in [2.24, 2.45) is 10.9 Å². The maximum absolute atomic E-state index is 11.9. The lowest BCUT2D eigenvalue weighted by molar-refractivity contribution is -0.123. The van der Waals surface area contributed by atoms with E-state index in [1.165, 1.54) is 0 Å². The SMILES string of the molecule is CN=C(NCCCOCC1CCOCC1)N1CCN(CC(=O)NC(C)C)CC1. The van der Waals surface area contributed by atoms with Crippen molar-refractivity contribution in [3.63, 3.8) is 0 Å². The normalized spacial score (nSPS) is 19.9. The third-order valence-corrected chi connectivity index (χ3v) is 5.14. The molecular weight excluding hydrogens is 358 g/mol. The maximum Gasteiger partial charge on any atom is 0.234 e. The number of piperazine rings is 1. The molecule has 0 atom stereocenters. The number of carbonyl (C=O) groups excluding carboxylic acids is 1. The zero-order valence-corrected chi connectivity index (χ0v) is 17.9. The Labute approximate surface area is 170 Å². The van der Waals surface area contributed by atoms with Crippen molar-refractivity contribution >= 4 is 11.9 Å². The summed E-state index contributed by atoms with van der Waals surface area (Å²) in [6, 6.07) is 0.192. The highest BCUT2D eigenvalue weighted by molar-refractivity contribution is 5.80. The van der Waals surface area contributed by atoms with E-state index in [9.17, 15) is 4.79 Å². The average molecular weight is 398 g/mol. The Hall–Kier alpha value is -1.38. The van der Waals surface area contributed by atoms with Gasteiger partial charge in [-0.2, -0.15) is 0 Å². The number of hydrogen-bond acceptors (Lipinski definition) is 5. The largest absolute Gasteiger partial charge is 0.381 e. The summed E-state index contributed by atoms with van der Waals surface area (Å²) in [6.45, 7) is 12.2. The Bertz CT molecular complexity index is 472. The predicted octanol–water partition coefficient (Wildman–Crippen LogP) is 0.537. The second-order valence-electron chi connectivity index (χ2n) is 7.94. The van der Waals surface area contributed by atoms with Gasteiger partial charge in [0, 0.05) is 72.2 Å². The van der Waals surface area contributed by atoms with E-state index in [1.54, 1.807) is 0 Å². The molecule has 0 saturated carbocycles. The first kappa shape index (κ1) is 22.9. The van der Waals surface area contributed by atoms with E-state index in [4.69, 9.17) is 9.47 Å². The van der Waals surface area contributed by atoms with Crippen LogP contribution in [0.1, 0.15) is 33.1 Å². The highest BCUT2D eigenvalue weighted by atomic mass is 16.5. The van der Waals surface area contributed by atoms with Gasteiger partial charge in [0.15, 0.2) is 5.96 Å². The molecule has 0 aromatic carbocycles. The highest BCUT2D eigenvalue weighted by Crippen LogP contribution is 2.14. The molecule has 28 heavy (non-hydrogen) atoms. The summed E-state index contributed by atoms with van der Waals surface area (Å²) in [5, 5.41) is 6.39. The smallest absolute Gasteiger partial charge is 0.234 e. The first-order valence-electron chi connectivity index (χ1n) is 10.7. The third-order valence-electron chi connectivity index (χ3n) is 5.14. The summed E-state index contributed by atoms with van der Waals surface area (Å²) < 4.78 is 11.2. The van der Waals surface area contributed by atoms with Crippen molar-refractivity contribution < 1.29 is 14.3 Å². The molecule has 2 rings (SSSR count). The average Bonchev–Trinajstić information content (AvgIpc) is 2.68. The third kappa shape index (κ3) is 8.75. The summed E-state index contributed by atoms with van der Waals surface area (Å²) in [4.78, 5) is 20.8. The van der Waals surface area contributed by atoms with E-state index >= 15 is 0 Å². The molecule has 2 fully saturated rings. The molecule has 0 aromatic heterocycles. The van der Waals surface area contributed by atoms with Crippen LogP contribution in [-0.4, -0.2) is 100 Å².